The van der Waals surface area contributed by atoms with E-state index in [1.165, 1.54) is 12.1 Å². The van der Waals surface area contributed by atoms with Crippen molar-refractivity contribution in [2.24, 2.45) is 0 Å². The molecule has 0 N–H and O–H groups in total. The first-order valence-electron chi connectivity index (χ1n) is 7.16. The number of halogens is 1. The number of hydrogen-bond acceptors (Lipinski definition) is 5. The van der Waals surface area contributed by atoms with Gasteiger partial charge in [-0.25, -0.2) is 12.7 Å². The summed E-state index contributed by atoms with van der Waals surface area (Å²) in [5.41, 5.74) is 1.44. The Balaban J connectivity index is 1.78. The molecule has 0 atom stereocenters. The SMILES string of the molecule is O=C1c2ccccc2S(=O)(=O)N1Cc1cc(Cl)cc2c1OCOC2. The maximum absolute atomic E-state index is 12.7. The van der Waals surface area contributed by atoms with Crippen LogP contribution in [-0.2, 0) is 27.9 Å². The average molecular weight is 366 g/mol. The van der Waals surface area contributed by atoms with E-state index in [0.717, 1.165) is 9.87 Å². The molecule has 0 saturated carbocycles. The van der Waals surface area contributed by atoms with Crippen LogP contribution in [0, 0.1) is 0 Å². The maximum atomic E-state index is 12.7. The third kappa shape index (κ3) is 2.28. The van der Waals surface area contributed by atoms with Crippen LogP contribution in [0.15, 0.2) is 41.3 Å². The zero-order chi connectivity index (χ0) is 16.9. The van der Waals surface area contributed by atoms with Gasteiger partial charge in [-0.3, -0.25) is 4.79 Å². The fourth-order valence-corrected chi connectivity index (χ4v) is 4.73. The molecule has 0 bridgehead atoms. The molecule has 4 rings (SSSR count). The highest BCUT2D eigenvalue weighted by molar-refractivity contribution is 7.90. The molecule has 2 heterocycles. The fourth-order valence-electron chi connectivity index (χ4n) is 2.92. The topological polar surface area (TPSA) is 72.9 Å². The highest BCUT2D eigenvalue weighted by Gasteiger charge is 2.41. The van der Waals surface area contributed by atoms with Gasteiger partial charge in [0.1, 0.15) is 10.6 Å². The monoisotopic (exact) mass is 365 g/mol. The van der Waals surface area contributed by atoms with E-state index in [9.17, 15) is 13.2 Å². The molecule has 0 unspecified atom stereocenters. The van der Waals surface area contributed by atoms with Gasteiger partial charge in [0.15, 0.2) is 6.79 Å². The summed E-state index contributed by atoms with van der Waals surface area (Å²) in [6, 6.07) is 9.48. The number of hydrogen-bond donors (Lipinski definition) is 0. The largest absolute Gasteiger partial charge is 0.467 e. The third-order valence-corrected chi connectivity index (χ3v) is 5.98. The van der Waals surface area contributed by atoms with E-state index >= 15 is 0 Å². The minimum absolute atomic E-state index is 0.0233. The number of fused-ring (bicyclic) bond motifs is 2. The molecule has 6 nitrogen and oxygen atoms in total. The Bertz CT molecular complexity index is 957. The van der Waals surface area contributed by atoms with Crippen LogP contribution in [0.1, 0.15) is 21.5 Å². The van der Waals surface area contributed by atoms with E-state index in [0.29, 0.717) is 22.9 Å². The molecule has 0 aromatic heterocycles. The predicted octanol–water partition coefficient (Wildman–Crippen LogP) is 2.55. The fraction of sp³-hybridized carbons (Fsp3) is 0.188. The highest BCUT2D eigenvalue weighted by Crippen LogP contribution is 2.36. The molecule has 0 radical (unpaired) electrons. The quantitative estimate of drug-likeness (QED) is 0.817. The van der Waals surface area contributed by atoms with Crippen molar-refractivity contribution < 1.29 is 22.7 Å². The number of rotatable bonds is 2. The molecule has 0 spiro atoms. The van der Waals surface area contributed by atoms with Gasteiger partial charge in [0.2, 0.25) is 0 Å². The number of carbonyl (C=O) groups excluding carboxylic acids is 1. The Morgan fingerprint density at radius 3 is 2.79 bits per heavy atom. The molecule has 124 valence electrons. The van der Waals surface area contributed by atoms with Gasteiger partial charge in [-0.05, 0) is 24.3 Å². The number of ether oxygens (including phenoxy) is 2. The van der Waals surface area contributed by atoms with Crippen LogP contribution < -0.4 is 4.74 Å². The number of nitrogens with zero attached hydrogens (tertiary/aromatic N) is 1. The standard InChI is InChI=1S/C16H12ClNO5S/c17-12-5-10(15-11(6-12)8-22-9-23-15)7-18-16(19)13-3-1-2-4-14(13)24(18,20)21/h1-6H,7-9H2. The van der Waals surface area contributed by atoms with Crippen LogP contribution in [0.3, 0.4) is 0 Å². The second-order valence-corrected chi connectivity index (χ2v) is 7.74. The van der Waals surface area contributed by atoms with Crippen LogP contribution in [0.2, 0.25) is 5.02 Å². The summed E-state index contributed by atoms with van der Waals surface area (Å²) in [4.78, 5) is 12.5. The van der Waals surface area contributed by atoms with Gasteiger partial charge in [0.05, 0.1) is 18.7 Å². The van der Waals surface area contributed by atoms with E-state index in [1.807, 2.05) is 0 Å². The molecule has 2 aromatic rings. The molecule has 0 saturated heterocycles. The van der Waals surface area contributed by atoms with Crippen molar-refractivity contribution >= 4 is 27.5 Å². The summed E-state index contributed by atoms with van der Waals surface area (Å²) in [5.74, 6) is -0.0315. The smallest absolute Gasteiger partial charge is 0.269 e. The Morgan fingerprint density at radius 1 is 1.21 bits per heavy atom. The normalized spacial score (nSPS) is 18.0. The molecule has 0 fully saturated rings. The Morgan fingerprint density at radius 2 is 2.00 bits per heavy atom. The van der Waals surface area contributed by atoms with E-state index in [2.05, 4.69) is 0 Å². The minimum atomic E-state index is -3.88. The Hall–Kier alpha value is -2.09. The summed E-state index contributed by atoms with van der Waals surface area (Å²) in [6.07, 6.45) is 0. The van der Waals surface area contributed by atoms with Crippen molar-refractivity contribution in [3.05, 3.63) is 58.1 Å². The van der Waals surface area contributed by atoms with Crippen LogP contribution >= 0.6 is 11.6 Å². The van der Waals surface area contributed by atoms with Crippen molar-refractivity contribution in [1.29, 1.82) is 0 Å². The average Bonchev–Trinajstić information content (AvgIpc) is 2.76. The molecule has 8 heteroatoms. The summed E-state index contributed by atoms with van der Waals surface area (Å²) in [5, 5.41) is 0.430. The van der Waals surface area contributed by atoms with Gasteiger partial charge in [-0.15, -0.1) is 0 Å². The molecule has 2 aromatic carbocycles. The lowest BCUT2D eigenvalue weighted by Crippen LogP contribution is -2.30. The van der Waals surface area contributed by atoms with Gasteiger partial charge >= 0.3 is 0 Å². The van der Waals surface area contributed by atoms with Crippen LogP contribution in [-0.4, -0.2) is 25.4 Å². The maximum Gasteiger partial charge on any atom is 0.269 e. The van der Waals surface area contributed by atoms with E-state index in [4.69, 9.17) is 21.1 Å². The van der Waals surface area contributed by atoms with E-state index in [-0.39, 0.29) is 23.8 Å². The van der Waals surface area contributed by atoms with Gasteiger partial charge in [0, 0.05) is 16.1 Å². The Kier molecular flexibility index (Phi) is 3.52. The van der Waals surface area contributed by atoms with E-state index in [1.54, 1.807) is 24.3 Å². The first kappa shape index (κ1) is 15.4. The summed E-state index contributed by atoms with van der Waals surface area (Å²) >= 11 is 6.10. The van der Waals surface area contributed by atoms with Gasteiger partial charge < -0.3 is 9.47 Å². The lowest BCUT2D eigenvalue weighted by atomic mass is 10.1. The molecule has 1 amide bonds. The van der Waals surface area contributed by atoms with Crippen molar-refractivity contribution in [1.82, 2.24) is 4.31 Å². The number of amides is 1. The second-order valence-electron chi connectivity index (χ2n) is 5.48. The summed E-state index contributed by atoms with van der Waals surface area (Å²) < 4.78 is 36.9. The number of benzene rings is 2. The third-order valence-electron chi connectivity index (χ3n) is 3.98. The first-order chi connectivity index (χ1) is 11.5. The zero-order valence-corrected chi connectivity index (χ0v) is 13.9. The van der Waals surface area contributed by atoms with E-state index < -0.39 is 15.9 Å². The van der Waals surface area contributed by atoms with Gasteiger partial charge in [-0.1, -0.05) is 23.7 Å². The summed E-state index contributed by atoms with van der Waals surface area (Å²) in [6.45, 7) is 0.255. The zero-order valence-electron chi connectivity index (χ0n) is 12.4. The van der Waals surface area contributed by atoms with Crippen LogP contribution in [0.5, 0.6) is 5.75 Å². The second kappa shape index (κ2) is 5.47. The van der Waals surface area contributed by atoms with Crippen molar-refractivity contribution in [3.8, 4) is 5.75 Å². The predicted molar refractivity (Wildman–Crippen MR) is 85.2 cm³/mol. The Labute approximate surface area is 143 Å². The molecule has 2 aliphatic rings. The lowest BCUT2D eigenvalue weighted by molar-refractivity contribution is -0.0172. The summed E-state index contributed by atoms with van der Waals surface area (Å²) in [7, 11) is -3.88. The number of sulfonamides is 1. The first-order valence-corrected chi connectivity index (χ1v) is 8.98. The molecular weight excluding hydrogens is 354 g/mol. The van der Waals surface area contributed by atoms with Gasteiger partial charge in [-0.2, -0.15) is 0 Å². The highest BCUT2D eigenvalue weighted by atomic mass is 35.5. The molecule has 0 aliphatic carbocycles. The van der Waals surface area contributed by atoms with Gasteiger partial charge in [0.25, 0.3) is 15.9 Å². The number of carbonyl (C=O) groups is 1. The minimum Gasteiger partial charge on any atom is -0.467 e. The van der Waals surface area contributed by atoms with Crippen molar-refractivity contribution in [3.63, 3.8) is 0 Å². The molecular formula is C16H12ClNO5S. The molecule has 2 aliphatic heterocycles. The van der Waals surface area contributed by atoms with Crippen LogP contribution in [0.4, 0.5) is 0 Å². The van der Waals surface area contributed by atoms with Crippen molar-refractivity contribution in [2.45, 2.75) is 18.0 Å². The van der Waals surface area contributed by atoms with Crippen LogP contribution in [0.25, 0.3) is 0 Å². The molecule has 24 heavy (non-hydrogen) atoms. The van der Waals surface area contributed by atoms with Crippen molar-refractivity contribution in [2.75, 3.05) is 6.79 Å². The lowest BCUT2D eigenvalue weighted by Gasteiger charge is -2.23.